The summed E-state index contributed by atoms with van der Waals surface area (Å²) in [5, 5.41) is 17.5. The van der Waals surface area contributed by atoms with Crippen molar-refractivity contribution in [2.45, 2.75) is 34.2 Å². The van der Waals surface area contributed by atoms with Gasteiger partial charge in [0.1, 0.15) is 6.07 Å². The van der Waals surface area contributed by atoms with E-state index in [1.54, 1.807) is 12.1 Å². The van der Waals surface area contributed by atoms with E-state index in [0.29, 0.717) is 10.6 Å². The maximum atomic E-state index is 9.02. The zero-order valence-corrected chi connectivity index (χ0v) is 16.1. The summed E-state index contributed by atoms with van der Waals surface area (Å²) in [5.74, 6) is 0. The Kier molecular flexibility index (Phi) is 5.01. The lowest BCUT2D eigenvalue weighted by Crippen LogP contribution is -1.99. The van der Waals surface area contributed by atoms with Gasteiger partial charge in [-0.2, -0.15) is 10.4 Å². The van der Waals surface area contributed by atoms with Crippen LogP contribution < -0.4 is 5.32 Å². The molecule has 26 heavy (non-hydrogen) atoms. The van der Waals surface area contributed by atoms with Gasteiger partial charge in [0.05, 0.1) is 16.3 Å². The van der Waals surface area contributed by atoms with Crippen LogP contribution in [-0.2, 0) is 6.54 Å². The van der Waals surface area contributed by atoms with Crippen LogP contribution in [0.1, 0.15) is 29.4 Å². The molecule has 4 nitrogen and oxygen atoms in total. The van der Waals surface area contributed by atoms with Gasteiger partial charge in [-0.25, -0.2) is 0 Å². The molecule has 1 N–H and O–H groups in total. The van der Waals surface area contributed by atoms with Crippen LogP contribution in [0.3, 0.4) is 0 Å². The Morgan fingerprint density at radius 3 is 2.54 bits per heavy atom. The number of benzene rings is 2. The lowest BCUT2D eigenvalue weighted by Gasteiger charge is -2.13. The molecule has 1 heterocycles. The molecule has 2 aromatic carbocycles. The van der Waals surface area contributed by atoms with Crippen LogP contribution in [0, 0.1) is 32.1 Å². The second-order valence-corrected chi connectivity index (χ2v) is 6.73. The molecule has 0 atom stereocenters. The highest BCUT2D eigenvalue weighted by Gasteiger charge is 2.14. The summed E-state index contributed by atoms with van der Waals surface area (Å²) in [7, 11) is 0. The van der Waals surface area contributed by atoms with Gasteiger partial charge in [-0.15, -0.1) is 0 Å². The molecule has 0 unspecified atom stereocenters. The van der Waals surface area contributed by atoms with Gasteiger partial charge in [0.2, 0.25) is 0 Å². The Labute approximate surface area is 159 Å². The van der Waals surface area contributed by atoms with Gasteiger partial charge in [0.15, 0.2) is 0 Å². The van der Waals surface area contributed by atoms with Gasteiger partial charge >= 0.3 is 0 Å². The van der Waals surface area contributed by atoms with Crippen molar-refractivity contribution in [3.05, 3.63) is 63.9 Å². The molecule has 132 valence electrons. The first-order chi connectivity index (χ1) is 12.4. The van der Waals surface area contributed by atoms with Crippen molar-refractivity contribution in [2.24, 2.45) is 0 Å². The SMILES string of the molecule is CCn1nc(C)c(-c2ccc(C)c(Nc3ccc(C#N)c(Cl)c3)c2)c1C. The van der Waals surface area contributed by atoms with Crippen molar-refractivity contribution in [3.8, 4) is 17.2 Å². The van der Waals surface area contributed by atoms with E-state index in [-0.39, 0.29) is 0 Å². The van der Waals surface area contributed by atoms with Gasteiger partial charge in [0, 0.05) is 29.2 Å². The molecule has 0 spiro atoms. The maximum absolute atomic E-state index is 9.02. The minimum Gasteiger partial charge on any atom is -0.355 e. The largest absolute Gasteiger partial charge is 0.355 e. The van der Waals surface area contributed by atoms with Crippen molar-refractivity contribution in [3.63, 3.8) is 0 Å². The summed E-state index contributed by atoms with van der Waals surface area (Å²) >= 11 is 6.15. The summed E-state index contributed by atoms with van der Waals surface area (Å²) in [6.45, 7) is 9.16. The first kappa shape index (κ1) is 18.0. The van der Waals surface area contributed by atoms with E-state index in [2.05, 4.69) is 55.5 Å². The molecule has 0 aliphatic carbocycles. The fourth-order valence-corrected chi connectivity index (χ4v) is 3.40. The van der Waals surface area contributed by atoms with Gasteiger partial charge in [0.25, 0.3) is 0 Å². The number of hydrogen-bond donors (Lipinski definition) is 1. The fraction of sp³-hybridized carbons (Fsp3) is 0.238. The van der Waals surface area contributed by atoms with E-state index in [1.807, 2.05) is 17.7 Å². The third-order valence-corrected chi connectivity index (χ3v) is 4.89. The first-order valence-electron chi connectivity index (χ1n) is 8.56. The van der Waals surface area contributed by atoms with Crippen molar-refractivity contribution in [1.29, 1.82) is 5.26 Å². The number of halogens is 1. The highest BCUT2D eigenvalue weighted by Crippen LogP contribution is 2.32. The summed E-state index contributed by atoms with van der Waals surface area (Å²) in [6.07, 6.45) is 0. The topological polar surface area (TPSA) is 53.6 Å². The van der Waals surface area contributed by atoms with Gasteiger partial charge < -0.3 is 5.32 Å². The normalized spacial score (nSPS) is 10.6. The minimum atomic E-state index is 0.446. The molecule has 3 rings (SSSR count). The van der Waals surface area contributed by atoms with Crippen LogP contribution in [0.5, 0.6) is 0 Å². The van der Waals surface area contributed by atoms with Crippen molar-refractivity contribution in [2.75, 3.05) is 5.32 Å². The second-order valence-electron chi connectivity index (χ2n) is 6.32. The second kappa shape index (κ2) is 7.23. The standard InChI is InChI=1S/C21H21ClN4/c1-5-26-15(4)21(14(3)25-26)16-7-6-13(2)20(10-16)24-18-9-8-17(12-23)19(22)11-18/h6-11,24H,5H2,1-4H3. The van der Waals surface area contributed by atoms with Crippen LogP contribution in [0.15, 0.2) is 36.4 Å². The number of aryl methyl sites for hydroxylation is 3. The molecule has 0 fully saturated rings. The predicted octanol–water partition coefficient (Wildman–Crippen LogP) is 5.76. The van der Waals surface area contributed by atoms with E-state index in [9.17, 15) is 0 Å². The van der Waals surface area contributed by atoms with E-state index in [0.717, 1.165) is 34.7 Å². The number of aromatic nitrogens is 2. The van der Waals surface area contributed by atoms with E-state index in [4.69, 9.17) is 16.9 Å². The minimum absolute atomic E-state index is 0.446. The van der Waals surface area contributed by atoms with Crippen LogP contribution in [0.2, 0.25) is 5.02 Å². The Morgan fingerprint density at radius 1 is 1.15 bits per heavy atom. The number of nitrogens with zero attached hydrogens (tertiary/aromatic N) is 3. The Morgan fingerprint density at radius 2 is 1.92 bits per heavy atom. The third-order valence-electron chi connectivity index (χ3n) is 4.58. The molecule has 1 aromatic heterocycles. The number of rotatable bonds is 4. The lowest BCUT2D eigenvalue weighted by molar-refractivity contribution is 0.634. The molecule has 0 radical (unpaired) electrons. The van der Waals surface area contributed by atoms with Crippen LogP contribution in [-0.4, -0.2) is 9.78 Å². The number of hydrogen-bond acceptors (Lipinski definition) is 3. The summed E-state index contributed by atoms with van der Waals surface area (Å²) < 4.78 is 2.03. The molecule has 0 bridgehead atoms. The maximum Gasteiger partial charge on any atom is 0.101 e. The van der Waals surface area contributed by atoms with Crippen LogP contribution in [0.25, 0.3) is 11.1 Å². The Bertz CT molecular complexity index is 1010. The average Bonchev–Trinajstić information content (AvgIpc) is 2.91. The molecule has 0 aliphatic heterocycles. The Hall–Kier alpha value is -2.77. The van der Waals surface area contributed by atoms with E-state index < -0.39 is 0 Å². The average molecular weight is 365 g/mol. The molecule has 5 heteroatoms. The van der Waals surface area contributed by atoms with E-state index >= 15 is 0 Å². The van der Waals surface area contributed by atoms with Crippen molar-refractivity contribution in [1.82, 2.24) is 9.78 Å². The molecule has 0 saturated carbocycles. The summed E-state index contributed by atoms with van der Waals surface area (Å²) in [4.78, 5) is 0. The zero-order valence-electron chi connectivity index (χ0n) is 15.4. The molecule has 0 saturated heterocycles. The fourth-order valence-electron chi connectivity index (χ4n) is 3.17. The smallest absolute Gasteiger partial charge is 0.101 e. The van der Waals surface area contributed by atoms with E-state index in [1.165, 1.54) is 11.3 Å². The summed E-state index contributed by atoms with van der Waals surface area (Å²) in [5.41, 5.74) is 7.97. The van der Waals surface area contributed by atoms with Crippen molar-refractivity contribution >= 4 is 23.0 Å². The number of anilines is 2. The molecule has 0 aliphatic rings. The highest BCUT2D eigenvalue weighted by atomic mass is 35.5. The number of nitrogens with one attached hydrogen (secondary N) is 1. The molecule has 3 aromatic rings. The lowest BCUT2D eigenvalue weighted by atomic mass is 10.0. The quantitative estimate of drug-likeness (QED) is 0.639. The number of nitriles is 1. The Balaban J connectivity index is 2.00. The monoisotopic (exact) mass is 364 g/mol. The highest BCUT2D eigenvalue weighted by molar-refractivity contribution is 6.32. The molecule has 0 amide bonds. The summed E-state index contributed by atoms with van der Waals surface area (Å²) in [6, 6.07) is 13.8. The molecular formula is C21H21ClN4. The third kappa shape index (κ3) is 3.31. The van der Waals surface area contributed by atoms with Gasteiger partial charge in [-0.1, -0.05) is 23.7 Å². The van der Waals surface area contributed by atoms with Crippen LogP contribution in [0.4, 0.5) is 11.4 Å². The predicted molar refractivity (Wildman–Crippen MR) is 107 cm³/mol. The van der Waals surface area contributed by atoms with Crippen LogP contribution >= 0.6 is 11.6 Å². The molecular weight excluding hydrogens is 344 g/mol. The first-order valence-corrected chi connectivity index (χ1v) is 8.94. The van der Waals surface area contributed by atoms with Gasteiger partial charge in [-0.05, 0) is 63.1 Å². The van der Waals surface area contributed by atoms with Crippen molar-refractivity contribution < 1.29 is 0 Å². The van der Waals surface area contributed by atoms with Gasteiger partial charge in [-0.3, -0.25) is 4.68 Å². The zero-order chi connectivity index (χ0) is 18.8.